The van der Waals surface area contributed by atoms with Crippen molar-refractivity contribution < 1.29 is 13.2 Å². The molecule has 8 heteroatoms. The standard InChI is InChI=1S/C17H11F3N4S/c1-10-8-14(25-9-10)24-15(22-16(23-24)17(18,19)20)13-7-6-11-4-2-3-5-12(11)21-13/h2-9H,1H3. The maximum Gasteiger partial charge on any atom is 0.453 e. The molecule has 3 aromatic heterocycles. The van der Waals surface area contributed by atoms with Gasteiger partial charge in [0.25, 0.3) is 5.82 Å². The van der Waals surface area contributed by atoms with Crippen LogP contribution in [0.1, 0.15) is 11.4 Å². The molecule has 0 spiro atoms. The lowest BCUT2D eigenvalue weighted by atomic mass is 10.2. The number of alkyl halides is 3. The van der Waals surface area contributed by atoms with Crippen molar-refractivity contribution in [3.05, 3.63) is 59.2 Å². The molecule has 0 aliphatic carbocycles. The van der Waals surface area contributed by atoms with Crippen LogP contribution in [-0.4, -0.2) is 19.7 Å². The summed E-state index contributed by atoms with van der Waals surface area (Å²) in [5, 5.41) is 6.99. The summed E-state index contributed by atoms with van der Waals surface area (Å²) in [5.74, 6) is -1.11. The first-order valence-corrected chi connectivity index (χ1v) is 8.26. The van der Waals surface area contributed by atoms with E-state index in [0.717, 1.165) is 10.9 Å². The largest absolute Gasteiger partial charge is 0.453 e. The van der Waals surface area contributed by atoms with Gasteiger partial charge in [0.15, 0.2) is 5.82 Å². The highest BCUT2D eigenvalue weighted by Crippen LogP contribution is 2.31. The Morgan fingerprint density at radius 2 is 1.84 bits per heavy atom. The lowest BCUT2D eigenvalue weighted by Crippen LogP contribution is -2.08. The average molecular weight is 360 g/mol. The summed E-state index contributed by atoms with van der Waals surface area (Å²) in [6.45, 7) is 1.87. The van der Waals surface area contributed by atoms with Crippen LogP contribution in [0.5, 0.6) is 0 Å². The van der Waals surface area contributed by atoms with Crippen LogP contribution in [-0.2, 0) is 6.18 Å². The van der Waals surface area contributed by atoms with E-state index < -0.39 is 12.0 Å². The smallest absolute Gasteiger partial charge is 0.244 e. The van der Waals surface area contributed by atoms with Gasteiger partial charge in [-0.3, -0.25) is 0 Å². The van der Waals surface area contributed by atoms with Crippen LogP contribution in [0.3, 0.4) is 0 Å². The summed E-state index contributed by atoms with van der Waals surface area (Å²) >= 11 is 1.30. The molecular formula is C17H11F3N4S. The fraction of sp³-hybridized carbons (Fsp3) is 0.118. The van der Waals surface area contributed by atoms with E-state index >= 15 is 0 Å². The number of nitrogens with zero attached hydrogens (tertiary/aromatic N) is 4. The van der Waals surface area contributed by atoms with Crippen LogP contribution in [0, 0.1) is 6.92 Å². The molecule has 0 aliphatic heterocycles. The van der Waals surface area contributed by atoms with E-state index in [1.807, 2.05) is 36.6 Å². The third-order valence-electron chi connectivity index (χ3n) is 3.61. The van der Waals surface area contributed by atoms with Gasteiger partial charge in [-0.1, -0.05) is 24.3 Å². The summed E-state index contributed by atoms with van der Waals surface area (Å²) in [6.07, 6.45) is -4.62. The molecule has 0 unspecified atom stereocenters. The number of benzene rings is 1. The molecule has 0 N–H and O–H groups in total. The second-order valence-corrected chi connectivity index (χ2v) is 6.41. The zero-order chi connectivity index (χ0) is 17.6. The minimum Gasteiger partial charge on any atom is -0.244 e. The summed E-state index contributed by atoms with van der Waals surface area (Å²) in [4.78, 5) is 8.16. The van der Waals surface area contributed by atoms with Gasteiger partial charge in [0, 0.05) is 5.39 Å². The molecule has 0 bridgehead atoms. The number of para-hydroxylation sites is 1. The first-order valence-electron chi connectivity index (χ1n) is 7.38. The molecule has 25 heavy (non-hydrogen) atoms. The summed E-state index contributed by atoms with van der Waals surface area (Å²) < 4.78 is 40.6. The van der Waals surface area contributed by atoms with Gasteiger partial charge in [-0.05, 0) is 36.1 Å². The van der Waals surface area contributed by atoms with Gasteiger partial charge >= 0.3 is 6.18 Å². The second-order valence-electron chi connectivity index (χ2n) is 5.52. The molecule has 4 rings (SSSR count). The Morgan fingerprint density at radius 1 is 1.04 bits per heavy atom. The van der Waals surface area contributed by atoms with Gasteiger partial charge in [0.1, 0.15) is 10.7 Å². The number of pyridine rings is 1. The highest BCUT2D eigenvalue weighted by atomic mass is 32.1. The Labute approximate surface area is 144 Å². The molecule has 4 aromatic rings. The van der Waals surface area contributed by atoms with Crippen LogP contribution >= 0.6 is 11.3 Å². The first-order chi connectivity index (χ1) is 11.9. The Morgan fingerprint density at radius 3 is 2.56 bits per heavy atom. The van der Waals surface area contributed by atoms with Crippen molar-refractivity contribution in [1.29, 1.82) is 0 Å². The molecule has 0 radical (unpaired) electrons. The number of halogens is 3. The Hall–Kier alpha value is -2.74. The maximum absolute atomic E-state index is 13.1. The van der Waals surface area contributed by atoms with Crippen LogP contribution in [0.25, 0.3) is 27.4 Å². The third kappa shape index (κ3) is 2.89. The highest BCUT2D eigenvalue weighted by molar-refractivity contribution is 7.12. The van der Waals surface area contributed by atoms with Crippen molar-refractivity contribution in [2.75, 3.05) is 0 Å². The second kappa shape index (κ2) is 5.66. The number of aryl methyl sites for hydroxylation is 1. The summed E-state index contributed by atoms with van der Waals surface area (Å²) in [7, 11) is 0. The Balaban J connectivity index is 1.93. The molecule has 0 atom stereocenters. The lowest BCUT2D eigenvalue weighted by Gasteiger charge is -2.04. The molecule has 1 aromatic carbocycles. The topological polar surface area (TPSA) is 43.6 Å². The van der Waals surface area contributed by atoms with E-state index in [4.69, 9.17) is 0 Å². The zero-order valence-corrected chi connectivity index (χ0v) is 13.8. The van der Waals surface area contributed by atoms with E-state index in [0.29, 0.717) is 16.2 Å². The molecule has 4 nitrogen and oxygen atoms in total. The van der Waals surface area contributed by atoms with E-state index in [1.165, 1.54) is 16.0 Å². The zero-order valence-electron chi connectivity index (χ0n) is 12.9. The molecule has 126 valence electrons. The van der Waals surface area contributed by atoms with Crippen LogP contribution in [0.2, 0.25) is 0 Å². The lowest BCUT2D eigenvalue weighted by molar-refractivity contribution is -0.144. The quantitative estimate of drug-likeness (QED) is 0.512. The Kier molecular flexibility index (Phi) is 3.57. The van der Waals surface area contributed by atoms with Crippen molar-refractivity contribution in [1.82, 2.24) is 19.7 Å². The molecule has 0 aliphatic rings. The number of thiophene rings is 1. The molecule has 3 heterocycles. The normalized spacial score (nSPS) is 12.0. The van der Waals surface area contributed by atoms with E-state index in [-0.39, 0.29) is 5.82 Å². The van der Waals surface area contributed by atoms with Crippen molar-refractivity contribution in [3.63, 3.8) is 0 Å². The van der Waals surface area contributed by atoms with Gasteiger partial charge < -0.3 is 0 Å². The number of hydrogen-bond acceptors (Lipinski definition) is 4. The predicted octanol–water partition coefficient (Wildman–Crippen LogP) is 4.87. The number of aromatic nitrogens is 4. The monoisotopic (exact) mass is 360 g/mol. The van der Waals surface area contributed by atoms with Crippen molar-refractivity contribution in [2.24, 2.45) is 0 Å². The maximum atomic E-state index is 13.1. The molecule has 0 saturated heterocycles. The molecular weight excluding hydrogens is 349 g/mol. The fourth-order valence-electron chi connectivity index (χ4n) is 2.47. The van der Waals surface area contributed by atoms with Crippen molar-refractivity contribution in [3.8, 4) is 16.5 Å². The minimum atomic E-state index is -4.62. The van der Waals surface area contributed by atoms with E-state index in [1.54, 1.807) is 18.2 Å². The van der Waals surface area contributed by atoms with E-state index in [2.05, 4.69) is 15.1 Å². The summed E-state index contributed by atoms with van der Waals surface area (Å²) in [6, 6.07) is 12.6. The van der Waals surface area contributed by atoms with Gasteiger partial charge in [0.2, 0.25) is 0 Å². The number of hydrogen-bond donors (Lipinski definition) is 0. The number of rotatable bonds is 2. The SMILES string of the molecule is Cc1csc(-n2nc(C(F)(F)F)nc2-c2ccc3ccccc3n2)c1. The predicted molar refractivity (Wildman–Crippen MR) is 89.7 cm³/mol. The fourth-order valence-corrected chi connectivity index (χ4v) is 3.33. The minimum absolute atomic E-state index is 0.0694. The van der Waals surface area contributed by atoms with Gasteiger partial charge in [0.05, 0.1) is 5.52 Å². The van der Waals surface area contributed by atoms with Crippen molar-refractivity contribution >= 4 is 22.2 Å². The Bertz CT molecular complexity index is 1070. The van der Waals surface area contributed by atoms with Gasteiger partial charge in [-0.2, -0.15) is 13.2 Å². The van der Waals surface area contributed by atoms with Crippen LogP contribution < -0.4 is 0 Å². The third-order valence-corrected chi connectivity index (χ3v) is 4.64. The highest BCUT2D eigenvalue weighted by Gasteiger charge is 2.37. The molecule has 0 amide bonds. The first kappa shape index (κ1) is 15.8. The number of fused-ring (bicyclic) bond motifs is 1. The van der Waals surface area contributed by atoms with Gasteiger partial charge in [-0.25, -0.2) is 14.6 Å². The van der Waals surface area contributed by atoms with Crippen LogP contribution in [0.4, 0.5) is 13.2 Å². The van der Waals surface area contributed by atoms with Gasteiger partial charge in [-0.15, -0.1) is 16.4 Å². The average Bonchev–Trinajstić information content (AvgIpc) is 3.20. The van der Waals surface area contributed by atoms with E-state index in [9.17, 15) is 13.2 Å². The van der Waals surface area contributed by atoms with Crippen LogP contribution in [0.15, 0.2) is 47.8 Å². The molecule has 0 fully saturated rings. The molecule has 0 saturated carbocycles. The summed E-state index contributed by atoms with van der Waals surface area (Å²) in [5.41, 5.74) is 1.97. The van der Waals surface area contributed by atoms with Crippen molar-refractivity contribution in [2.45, 2.75) is 13.1 Å².